The smallest absolute Gasteiger partial charge is 0.411 e. The molecule has 5 atom stereocenters. The number of carbonyl (C=O) groups excluding carboxylic acids is 6. The molecule has 0 spiro atoms. The van der Waals surface area contributed by atoms with Crippen molar-refractivity contribution in [3.8, 4) is 12.3 Å². The van der Waals surface area contributed by atoms with Crippen molar-refractivity contribution in [3.05, 3.63) is 349 Å². The third kappa shape index (κ3) is 36.1. The van der Waals surface area contributed by atoms with E-state index in [-0.39, 0.29) is 43.3 Å². The third-order valence-corrected chi connectivity index (χ3v) is 23.9. The summed E-state index contributed by atoms with van der Waals surface area (Å²) in [6.07, 6.45) is 13.1. The molecule has 5 aliphatic heterocycles. The number of hydroxylamine groups is 2. The molecule has 5 unspecified atom stereocenters. The zero-order chi connectivity index (χ0) is 102. The number of aliphatic carboxylic acids is 2. The van der Waals surface area contributed by atoms with Crippen LogP contribution < -0.4 is 16.4 Å². The maximum atomic E-state index is 12.5. The van der Waals surface area contributed by atoms with Gasteiger partial charge in [-0.2, -0.15) is 10.2 Å². The van der Waals surface area contributed by atoms with Crippen molar-refractivity contribution in [1.29, 1.82) is 0 Å². The highest BCUT2D eigenvalue weighted by atomic mass is 35.5. The van der Waals surface area contributed by atoms with Gasteiger partial charge in [-0.1, -0.05) is 196 Å². The number of carboxylic acid groups (broad SMARTS) is 2. The number of Topliss-reactive ketones (excluding diaryl/α,β-unsaturated/α-hetero) is 1. The number of fused-ring (bicyclic) bond motifs is 5. The number of ether oxygens (including phenoxy) is 3. The highest BCUT2D eigenvalue weighted by Crippen LogP contribution is 2.39. The molecule has 0 fully saturated rings. The maximum absolute atomic E-state index is 12.5. The van der Waals surface area contributed by atoms with E-state index in [2.05, 4.69) is 58.6 Å². The Hall–Kier alpha value is -11.1. The van der Waals surface area contributed by atoms with Gasteiger partial charge in [-0.05, 0) is 293 Å². The van der Waals surface area contributed by atoms with Crippen LogP contribution in [0.2, 0.25) is 55.6 Å². The van der Waals surface area contributed by atoms with Gasteiger partial charge in [-0.3, -0.25) is 34.3 Å². The monoisotopic (exact) mass is 2060 g/mol. The van der Waals surface area contributed by atoms with E-state index in [0.29, 0.717) is 64.8 Å². The molecule has 0 radical (unpaired) electrons. The van der Waals surface area contributed by atoms with E-state index in [4.69, 9.17) is 134 Å². The average molecular weight is 2070 g/mol. The molecule has 9 aromatic carbocycles. The van der Waals surface area contributed by atoms with E-state index in [9.17, 15) is 48.9 Å². The average Bonchev–Trinajstić information content (AvgIpc) is 1.07. The standard InChI is InChI=1S/C16H16ClNO2.C15H18ClNO4.C13H15BClN3O.C13H18BClN2O3.C13H13BClNO2.C12H12ClN3.C8H10ClN.C8H7ClO2.C2H2O3/c17-15-8-4-7-13(11-15)9-10-18-16(19)20-12-14-5-2-1-3-6-14;1-15(2,3)21-14(20)17-7-6-9-8-10(16)4-5-11(9)12(17)13(18)19;1-14(19)18-7-5-9-8-10(15)2-3-11(9)13(18)12-4-6-16-17-12;1-14(19)17-7-6-9-8-10(15)4-5-11(9)12(17)13(18)16(2)20-3;1-3-12(17)13-11-5-4-10(15)8-9(11)6-7-16(13)14(2)18;13-9-1-2-10-8(7-9)3-5-14-12(10)11-4-6-15-16-11;9-8-3-1-2-7(6-8)4-5-10;9-8(10)11-6-7-4-2-1-3-5-7;3-1-2(4)5/h1-8,11H,9-10,12H2,(H,18,19);4-5,8,12H,6-7H2,1-3H3,(H,18,19);2-4,6,8,13,19H,5,7H2,1H3,(H,16,17);4-5,8,12,19H,6-7H2,1-3H3;1,4-5,8,13,18H,6-7H2,2H3;1-2,4,6-7,12,14H,3,5H2,(H,15,16);1-3,6H,4-5,10H2;1-5H,6H2;1H,(H,4,5). The van der Waals surface area contributed by atoms with Gasteiger partial charge in [-0.25, -0.2) is 29.0 Å². The van der Waals surface area contributed by atoms with Crippen LogP contribution in [0.5, 0.6) is 0 Å². The van der Waals surface area contributed by atoms with E-state index in [1.165, 1.54) is 44.9 Å². The second-order valence-electron chi connectivity index (χ2n) is 33.1. The molecule has 29 nitrogen and oxygen atoms in total. The van der Waals surface area contributed by atoms with Crippen LogP contribution in [0.4, 0.5) is 14.4 Å². The SMILES string of the molecule is C#CC(=O)C1c2ccc(Cl)cc2CCN1B(C)O.CB(O)N1CCc2cc(Cl)ccc2C1c1ccn[nH]1.CC(C)(C)OC(=O)N1CCc2cc(Cl)ccc2C1C(=O)O.CON(C)C(=O)C1c2ccc(Cl)cc2CCN1B(C)O.Clc1ccc2c(c1)CCNC2c1ccn[nH]1.NCCc1cccc(Cl)c1.O=C(Cl)OCc1ccccc1.O=C(NCCc1cccc(Cl)c1)OCc1ccccc1.O=CC(=O)O. The van der Waals surface area contributed by atoms with E-state index in [1.54, 1.807) is 101 Å². The Bertz CT molecular complexity index is 5920. The number of nitrogens with one attached hydrogen (secondary N) is 4. The number of terminal acetylenes is 1. The van der Waals surface area contributed by atoms with Crippen LogP contribution in [0, 0.1) is 12.3 Å². The topological polar surface area (TPSA) is 398 Å². The second-order valence-corrected chi connectivity index (χ2v) is 36.5. The van der Waals surface area contributed by atoms with Crippen LogP contribution in [0.3, 0.4) is 0 Å². The minimum Gasteiger partial charge on any atom is -0.479 e. The molecule has 0 bridgehead atoms. The number of benzene rings is 9. The number of nitrogens with zero attached hydrogens (tertiary/aromatic N) is 7. The van der Waals surface area contributed by atoms with E-state index in [0.717, 1.165) is 123 Å². The van der Waals surface area contributed by atoms with Crippen molar-refractivity contribution >= 4 is 161 Å². The fourth-order valence-electron chi connectivity index (χ4n) is 15.7. The van der Waals surface area contributed by atoms with Crippen molar-refractivity contribution in [2.45, 2.75) is 135 Å². The summed E-state index contributed by atoms with van der Waals surface area (Å²) in [5, 5.41) is 72.8. The molecule has 16 rings (SSSR count). The summed E-state index contributed by atoms with van der Waals surface area (Å²) < 4.78 is 15.0. The number of alkyl carbamates (subject to hydrolysis) is 1. The van der Waals surface area contributed by atoms with Gasteiger partial charge in [-0.15, -0.1) is 6.42 Å². The van der Waals surface area contributed by atoms with Gasteiger partial charge in [0.15, 0.2) is 6.04 Å². The summed E-state index contributed by atoms with van der Waals surface area (Å²) in [4.78, 5) is 99.6. The summed E-state index contributed by atoms with van der Waals surface area (Å²) in [6, 6.07) is 64.3. The van der Waals surface area contributed by atoms with E-state index < -0.39 is 74.4 Å². The Balaban J connectivity index is 0.000000196. The van der Waals surface area contributed by atoms with Crippen LogP contribution in [-0.2, 0) is 101 Å². The first-order chi connectivity index (χ1) is 66.8. The largest absolute Gasteiger partial charge is 0.479 e. The Labute approximate surface area is 855 Å². The second kappa shape index (κ2) is 57.7. The molecule has 11 N–H and O–H groups in total. The minimum atomic E-state index is -1.43. The van der Waals surface area contributed by atoms with E-state index in [1.807, 2.05) is 170 Å². The fourth-order valence-corrected chi connectivity index (χ4v) is 17.1. The van der Waals surface area contributed by atoms with Gasteiger partial charge < -0.3 is 70.3 Å². The summed E-state index contributed by atoms with van der Waals surface area (Å²) in [6.45, 7) is 15.3. The summed E-state index contributed by atoms with van der Waals surface area (Å²) in [7, 11) is 1.08. The summed E-state index contributed by atoms with van der Waals surface area (Å²) >= 11 is 46.6. The number of carbonyl (C=O) groups is 8. The molecule has 3 amide bonds. The van der Waals surface area contributed by atoms with Crippen molar-refractivity contribution in [2.24, 2.45) is 5.73 Å². The number of hydrogen-bond donors (Lipinski definition) is 10. The number of carboxylic acids is 2. The molecule has 0 saturated heterocycles. The van der Waals surface area contributed by atoms with Gasteiger partial charge >= 0.3 is 50.7 Å². The fraction of sp³-hybridized carbons (Fsp3) is 0.300. The number of ketones is 1. The van der Waals surface area contributed by atoms with Crippen LogP contribution in [-0.4, -0.2) is 204 Å². The molecule has 140 heavy (non-hydrogen) atoms. The molecule has 0 saturated carbocycles. The lowest BCUT2D eigenvalue weighted by atomic mass is 9.77. The maximum Gasteiger partial charge on any atom is 0.411 e. The first kappa shape index (κ1) is 114. The van der Waals surface area contributed by atoms with Crippen molar-refractivity contribution < 1.29 is 82.7 Å². The highest BCUT2D eigenvalue weighted by molar-refractivity contribution is 6.61. The Morgan fingerprint density at radius 3 is 1.36 bits per heavy atom. The Morgan fingerprint density at radius 1 is 0.529 bits per heavy atom. The molecule has 7 heterocycles. The normalized spacial score (nSPS) is 15.7. The van der Waals surface area contributed by atoms with Crippen molar-refractivity contribution in [3.63, 3.8) is 0 Å². The first-order valence-electron chi connectivity index (χ1n) is 44.5. The Kier molecular flexibility index (Phi) is 47.0. The number of aromatic nitrogens is 4. The van der Waals surface area contributed by atoms with Gasteiger partial charge in [0.2, 0.25) is 12.1 Å². The number of hydrogen-bond acceptors (Lipinski definition) is 22. The molecule has 5 aliphatic rings. The zero-order valence-electron chi connectivity index (χ0n) is 78.3. The number of rotatable bonds is 19. The number of nitrogens with two attached hydrogens (primary N) is 1. The van der Waals surface area contributed by atoms with Crippen LogP contribution in [0.25, 0.3) is 0 Å². The number of H-pyrrole nitrogens is 2. The predicted octanol–water partition coefficient (Wildman–Crippen LogP) is 18.1. The van der Waals surface area contributed by atoms with Gasteiger partial charge in [0.05, 0.1) is 36.6 Å². The molecule has 40 heteroatoms. The first-order valence-corrected chi connectivity index (χ1v) is 47.5. The number of aldehydes is 1. The molecule has 11 aromatic rings. The number of likely N-dealkylation sites (N-methyl/N-ethyl adjacent to an activating group) is 1. The van der Waals surface area contributed by atoms with Gasteiger partial charge in [0.25, 0.3) is 5.91 Å². The van der Waals surface area contributed by atoms with Crippen LogP contribution in [0.1, 0.15) is 140 Å². The minimum absolute atomic E-state index is 0.00326. The molecule has 2 aromatic heterocycles. The zero-order valence-corrected chi connectivity index (χ0v) is 84.4. The molecule has 0 aliphatic carbocycles. The Morgan fingerprint density at radius 2 is 0.936 bits per heavy atom. The predicted molar refractivity (Wildman–Crippen MR) is 549 cm³/mol. The lowest BCUT2D eigenvalue weighted by molar-refractivity contribution is -0.174. The molecular formula is C100H111B3Cl8N12O17. The lowest BCUT2D eigenvalue weighted by Crippen LogP contribution is -2.50. The van der Waals surface area contributed by atoms with Crippen LogP contribution in [0.15, 0.2) is 225 Å². The number of halogens is 8. The van der Waals surface area contributed by atoms with E-state index >= 15 is 0 Å². The van der Waals surface area contributed by atoms with Crippen molar-refractivity contribution in [2.75, 3.05) is 60.0 Å². The lowest BCUT2D eigenvalue weighted by Gasteiger charge is -2.38. The molecular weight excluding hydrogens is 1960 g/mol. The summed E-state index contributed by atoms with van der Waals surface area (Å²) in [5.41, 5.74) is 20.5. The number of amides is 3. The quantitative estimate of drug-likeness (QED) is 0.00525. The summed E-state index contributed by atoms with van der Waals surface area (Å²) in [5.74, 6) is -0.901. The number of aromatic amines is 2. The molecule has 738 valence electrons. The highest BCUT2D eigenvalue weighted by Gasteiger charge is 2.42. The third-order valence-electron chi connectivity index (χ3n) is 22.2. The van der Waals surface area contributed by atoms with Gasteiger partial charge in [0, 0.05) is 85.8 Å². The van der Waals surface area contributed by atoms with Gasteiger partial charge in [0.1, 0.15) is 24.9 Å². The van der Waals surface area contributed by atoms with Crippen molar-refractivity contribution in [1.82, 2.24) is 55.4 Å². The van der Waals surface area contributed by atoms with Crippen LogP contribution >= 0.6 is 92.8 Å².